The number of likely N-dealkylation sites (tertiary alicyclic amines) is 1. The third-order valence-electron chi connectivity index (χ3n) is 4.46. The highest BCUT2D eigenvalue weighted by Gasteiger charge is 2.24. The van der Waals surface area contributed by atoms with E-state index in [-0.39, 0.29) is 17.6 Å². The fourth-order valence-corrected chi connectivity index (χ4v) is 3.10. The molecular weight excluding hydrogens is 303 g/mol. The molecule has 4 heteroatoms. The molecule has 0 unspecified atom stereocenters. The Hall–Kier alpha value is -2.67. The van der Waals surface area contributed by atoms with E-state index in [2.05, 4.69) is 6.07 Å². The van der Waals surface area contributed by atoms with Gasteiger partial charge in [-0.3, -0.25) is 4.79 Å². The Balaban J connectivity index is 1.80. The molecule has 0 N–H and O–H groups in total. The molecule has 1 amide bonds. The van der Waals surface area contributed by atoms with Crippen molar-refractivity contribution in [3.63, 3.8) is 0 Å². The largest absolute Gasteiger partial charge is 0.337 e. The van der Waals surface area contributed by atoms with Crippen molar-refractivity contribution in [2.75, 3.05) is 13.1 Å². The molecule has 0 aliphatic carbocycles. The lowest BCUT2D eigenvalue weighted by Gasteiger charge is -2.29. The van der Waals surface area contributed by atoms with Crippen LogP contribution in [0, 0.1) is 30.0 Å². The Labute approximate surface area is 141 Å². The van der Waals surface area contributed by atoms with E-state index in [1.54, 1.807) is 41.3 Å². The molecule has 24 heavy (non-hydrogen) atoms. The zero-order valence-electron chi connectivity index (χ0n) is 13.6. The zero-order valence-corrected chi connectivity index (χ0v) is 13.6. The average Bonchev–Trinajstić information content (AvgIpc) is 2.63. The molecule has 3 rings (SSSR count). The van der Waals surface area contributed by atoms with E-state index in [4.69, 9.17) is 5.26 Å². The second kappa shape index (κ2) is 6.84. The number of amides is 1. The van der Waals surface area contributed by atoms with Gasteiger partial charge in [0.2, 0.25) is 0 Å². The van der Waals surface area contributed by atoms with Gasteiger partial charge in [-0.15, -0.1) is 0 Å². The highest BCUT2D eigenvalue weighted by Crippen LogP contribution is 2.25. The van der Waals surface area contributed by atoms with Gasteiger partial charge in [-0.05, 0) is 49.6 Å². The average molecular weight is 322 g/mol. The first-order valence-corrected chi connectivity index (χ1v) is 8.14. The third-order valence-corrected chi connectivity index (χ3v) is 4.46. The van der Waals surface area contributed by atoms with E-state index in [1.165, 1.54) is 6.07 Å². The summed E-state index contributed by atoms with van der Waals surface area (Å²) < 4.78 is 14.0. The van der Waals surface area contributed by atoms with Crippen LogP contribution in [0.25, 0.3) is 11.1 Å². The van der Waals surface area contributed by atoms with Gasteiger partial charge < -0.3 is 4.90 Å². The highest BCUT2D eigenvalue weighted by molar-refractivity contribution is 5.94. The number of aryl methyl sites for hydroxylation is 1. The highest BCUT2D eigenvalue weighted by atomic mass is 19.1. The molecule has 122 valence electrons. The molecule has 0 radical (unpaired) electrons. The molecule has 1 fully saturated rings. The van der Waals surface area contributed by atoms with Crippen molar-refractivity contribution < 1.29 is 9.18 Å². The summed E-state index contributed by atoms with van der Waals surface area (Å²) in [7, 11) is 0. The van der Waals surface area contributed by atoms with E-state index in [0.717, 1.165) is 24.0 Å². The van der Waals surface area contributed by atoms with Gasteiger partial charge in [-0.25, -0.2) is 4.39 Å². The molecule has 1 atom stereocenters. The lowest BCUT2D eigenvalue weighted by atomic mass is 9.98. The van der Waals surface area contributed by atoms with E-state index in [1.807, 2.05) is 6.92 Å². The summed E-state index contributed by atoms with van der Waals surface area (Å²) in [5, 5.41) is 9.05. The number of hydrogen-bond donors (Lipinski definition) is 0. The number of piperidine rings is 1. The number of nitriles is 1. The Bertz CT molecular complexity index is 792. The number of hydrogen-bond acceptors (Lipinski definition) is 2. The summed E-state index contributed by atoms with van der Waals surface area (Å²) >= 11 is 0. The number of carbonyl (C=O) groups excluding carboxylic acids is 1. The molecule has 2 aromatic carbocycles. The molecule has 2 aromatic rings. The van der Waals surface area contributed by atoms with Crippen molar-refractivity contribution in [1.29, 1.82) is 5.26 Å². The molecule has 0 saturated carbocycles. The summed E-state index contributed by atoms with van der Waals surface area (Å²) in [6, 6.07) is 14.3. The molecule has 3 nitrogen and oxygen atoms in total. The van der Waals surface area contributed by atoms with Crippen molar-refractivity contribution in [3.8, 4) is 17.2 Å². The number of carbonyl (C=O) groups is 1. The van der Waals surface area contributed by atoms with Crippen LogP contribution in [0.4, 0.5) is 4.39 Å². The number of rotatable bonds is 2. The van der Waals surface area contributed by atoms with Gasteiger partial charge >= 0.3 is 0 Å². The molecule has 0 spiro atoms. The van der Waals surface area contributed by atoms with Crippen molar-refractivity contribution in [2.24, 2.45) is 5.92 Å². The summed E-state index contributed by atoms with van der Waals surface area (Å²) in [5.41, 5.74) is 2.85. The Kier molecular flexibility index (Phi) is 4.61. The SMILES string of the molecule is Cc1ccc(F)c(-c2ccc(C(=O)N3CCC[C@@H](C#N)C3)cc2)c1. The maximum absolute atomic E-state index is 14.0. The Morgan fingerprint density at radius 3 is 2.71 bits per heavy atom. The smallest absolute Gasteiger partial charge is 0.253 e. The summed E-state index contributed by atoms with van der Waals surface area (Å²) in [6.07, 6.45) is 1.71. The molecule has 1 saturated heterocycles. The van der Waals surface area contributed by atoms with E-state index < -0.39 is 0 Å². The van der Waals surface area contributed by atoms with E-state index in [9.17, 15) is 9.18 Å². The minimum atomic E-state index is -0.271. The van der Waals surface area contributed by atoms with Crippen molar-refractivity contribution in [3.05, 3.63) is 59.4 Å². The molecule has 1 aliphatic heterocycles. The lowest BCUT2D eigenvalue weighted by molar-refractivity contribution is 0.0699. The van der Waals surface area contributed by atoms with Crippen LogP contribution < -0.4 is 0 Å². The summed E-state index contributed by atoms with van der Waals surface area (Å²) in [6.45, 7) is 3.09. The van der Waals surface area contributed by atoms with Crippen LogP contribution in [-0.4, -0.2) is 23.9 Å². The van der Waals surface area contributed by atoms with Gasteiger partial charge in [-0.1, -0.05) is 23.8 Å². The quantitative estimate of drug-likeness (QED) is 0.832. The van der Waals surface area contributed by atoms with Crippen molar-refractivity contribution in [2.45, 2.75) is 19.8 Å². The van der Waals surface area contributed by atoms with Crippen molar-refractivity contribution in [1.82, 2.24) is 4.90 Å². The van der Waals surface area contributed by atoms with Crippen LogP contribution >= 0.6 is 0 Å². The zero-order chi connectivity index (χ0) is 17.1. The summed E-state index contributed by atoms with van der Waals surface area (Å²) in [5.74, 6) is -0.415. The Morgan fingerprint density at radius 2 is 2.00 bits per heavy atom. The molecule has 1 aliphatic rings. The third kappa shape index (κ3) is 3.30. The molecule has 0 bridgehead atoms. The second-order valence-electron chi connectivity index (χ2n) is 6.28. The van der Waals surface area contributed by atoms with Gasteiger partial charge in [0.05, 0.1) is 12.0 Å². The number of benzene rings is 2. The fourth-order valence-electron chi connectivity index (χ4n) is 3.10. The number of halogens is 1. The minimum absolute atomic E-state index is 0.0637. The minimum Gasteiger partial charge on any atom is -0.337 e. The van der Waals surface area contributed by atoms with Crippen LogP contribution in [-0.2, 0) is 0 Å². The fraction of sp³-hybridized carbons (Fsp3) is 0.300. The maximum Gasteiger partial charge on any atom is 0.253 e. The van der Waals surface area contributed by atoms with Crippen LogP contribution in [0.1, 0.15) is 28.8 Å². The molecular formula is C20H19FN2O. The molecule has 1 heterocycles. The van der Waals surface area contributed by atoms with E-state index in [0.29, 0.717) is 24.2 Å². The van der Waals surface area contributed by atoms with Crippen LogP contribution in [0.3, 0.4) is 0 Å². The molecule has 0 aromatic heterocycles. The summed E-state index contributed by atoms with van der Waals surface area (Å²) in [4.78, 5) is 14.3. The van der Waals surface area contributed by atoms with Gasteiger partial charge in [0.25, 0.3) is 5.91 Å². The predicted octanol–water partition coefficient (Wildman–Crippen LogP) is 4.18. The first-order valence-electron chi connectivity index (χ1n) is 8.14. The van der Waals surface area contributed by atoms with Crippen LogP contribution in [0.15, 0.2) is 42.5 Å². The van der Waals surface area contributed by atoms with Gasteiger partial charge in [0, 0.05) is 24.2 Å². The first-order chi connectivity index (χ1) is 11.6. The topological polar surface area (TPSA) is 44.1 Å². The normalized spacial score (nSPS) is 17.4. The first kappa shape index (κ1) is 16.2. The predicted molar refractivity (Wildman–Crippen MR) is 90.8 cm³/mol. The van der Waals surface area contributed by atoms with Crippen molar-refractivity contribution >= 4 is 5.91 Å². The second-order valence-corrected chi connectivity index (χ2v) is 6.28. The number of nitrogens with zero attached hydrogens (tertiary/aromatic N) is 2. The standard InChI is InChI=1S/C20H19FN2O/c1-14-4-9-19(21)18(11-14)16-5-7-17(8-6-16)20(24)23-10-2-3-15(12-22)13-23/h4-9,11,15H,2-3,10,13H2,1H3/t15-/m0/s1. The van der Waals surface area contributed by atoms with E-state index >= 15 is 0 Å². The van der Waals surface area contributed by atoms with Crippen LogP contribution in [0.5, 0.6) is 0 Å². The monoisotopic (exact) mass is 322 g/mol. The Morgan fingerprint density at radius 1 is 1.25 bits per heavy atom. The van der Waals surface area contributed by atoms with Crippen LogP contribution in [0.2, 0.25) is 0 Å². The van der Waals surface area contributed by atoms with Gasteiger partial charge in [0.15, 0.2) is 0 Å². The van der Waals surface area contributed by atoms with Gasteiger partial charge in [0.1, 0.15) is 5.82 Å². The lowest BCUT2D eigenvalue weighted by Crippen LogP contribution is -2.39. The maximum atomic E-state index is 14.0. The van der Waals surface area contributed by atoms with Gasteiger partial charge in [-0.2, -0.15) is 5.26 Å².